The van der Waals surface area contributed by atoms with E-state index < -0.39 is 0 Å². The first-order valence-corrected chi connectivity index (χ1v) is 7.41. The molecule has 0 saturated heterocycles. The van der Waals surface area contributed by atoms with Crippen LogP contribution in [-0.4, -0.2) is 20.3 Å². The molecule has 112 valence electrons. The normalized spacial score (nSPS) is 12.0. The Balaban J connectivity index is 2.24. The lowest BCUT2D eigenvalue weighted by atomic mass is 9.98. The maximum absolute atomic E-state index is 5.58. The molecule has 0 saturated carbocycles. The minimum atomic E-state index is 0.140. The second-order valence-corrected chi connectivity index (χ2v) is 4.73. The lowest BCUT2D eigenvalue weighted by Crippen LogP contribution is -2.17. The van der Waals surface area contributed by atoms with Crippen molar-refractivity contribution < 1.29 is 9.47 Å². The quantitative estimate of drug-likeness (QED) is 0.839. The van der Waals surface area contributed by atoms with Crippen molar-refractivity contribution in [1.82, 2.24) is 5.32 Å². The van der Waals surface area contributed by atoms with Gasteiger partial charge in [-0.2, -0.15) is 0 Å². The van der Waals surface area contributed by atoms with Crippen LogP contribution in [0.15, 0.2) is 48.5 Å². The van der Waals surface area contributed by atoms with Gasteiger partial charge in [-0.1, -0.05) is 24.3 Å². The van der Waals surface area contributed by atoms with Gasteiger partial charge in [0.05, 0.1) is 19.3 Å². The van der Waals surface area contributed by atoms with Gasteiger partial charge in [-0.15, -0.1) is 0 Å². The van der Waals surface area contributed by atoms with E-state index >= 15 is 0 Å². The lowest BCUT2D eigenvalue weighted by molar-refractivity contribution is 0.339. The van der Waals surface area contributed by atoms with Gasteiger partial charge in [-0.3, -0.25) is 0 Å². The van der Waals surface area contributed by atoms with Crippen molar-refractivity contribution in [2.45, 2.75) is 19.9 Å². The van der Waals surface area contributed by atoms with E-state index in [1.165, 1.54) is 11.1 Å². The first-order valence-electron chi connectivity index (χ1n) is 7.41. The molecule has 1 N–H and O–H groups in total. The summed E-state index contributed by atoms with van der Waals surface area (Å²) in [6.07, 6.45) is 0. The fourth-order valence-electron chi connectivity index (χ4n) is 2.40. The zero-order chi connectivity index (χ0) is 15.1. The summed E-state index contributed by atoms with van der Waals surface area (Å²) < 4.78 is 11.1. The number of hydrogen-bond acceptors (Lipinski definition) is 3. The molecule has 0 aliphatic heterocycles. The largest absolute Gasteiger partial charge is 0.494 e. The first kappa shape index (κ1) is 15.4. The van der Waals surface area contributed by atoms with Crippen LogP contribution in [0.2, 0.25) is 0 Å². The smallest absolute Gasteiger partial charge is 0.119 e. The molecule has 1 atom stereocenters. The van der Waals surface area contributed by atoms with E-state index in [9.17, 15) is 0 Å². The van der Waals surface area contributed by atoms with Gasteiger partial charge in [0, 0.05) is 0 Å². The minimum Gasteiger partial charge on any atom is -0.494 e. The molecule has 1 unspecified atom stereocenters. The fourth-order valence-corrected chi connectivity index (χ4v) is 2.40. The Morgan fingerprint density at radius 2 is 1.52 bits per heavy atom. The first-order chi connectivity index (χ1) is 10.3. The van der Waals surface area contributed by atoms with Crippen LogP contribution < -0.4 is 14.8 Å². The third kappa shape index (κ3) is 3.99. The standard InChI is InChI=1S/C18H23NO2/c1-4-20-16-11-9-14(10-12-16)18(19-3)15-7-6-8-17(13-15)21-5-2/h6-13,18-19H,4-5H2,1-3H3. The Bertz CT molecular complexity index is 551. The number of hydrogen-bond donors (Lipinski definition) is 1. The monoisotopic (exact) mass is 285 g/mol. The van der Waals surface area contributed by atoms with Gasteiger partial charge in [0.2, 0.25) is 0 Å². The van der Waals surface area contributed by atoms with Gasteiger partial charge in [0.1, 0.15) is 11.5 Å². The summed E-state index contributed by atoms with van der Waals surface area (Å²) in [7, 11) is 1.97. The number of benzene rings is 2. The van der Waals surface area contributed by atoms with Crippen molar-refractivity contribution in [3.05, 3.63) is 59.7 Å². The summed E-state index contributed by atoms with van der Waals surface area (Å²) in [4.78, 5) is 0. The molecule has 0 amide bonds. The summed E-state index contributed by atoms with van der Waals surface area (Å²) in [6.45, 7) is 5.35. The van der Waals surface area contributed by atoms with Crippen molar-refractivity contribution in [2.24, 2.45) is 0 Å². The Labute approximate surface area is 126 Å². The van der Waals surface area contributed by atoms with Gasteiger partial charge in [-0.25, -0.2) is 0 Å². The third-order valence-electron chi connectivity index (χ3n) is 3.32. The minimum absolute atomic E-state index is 0.140. The molecule has 2 rings (SSSR count). The summed E-state index contributed by atoms with van der Waals surface area (Å²) in [5.41, 5.74) is 2.39. The molecule has 3 nitrogen and oxygen atoms in total. The summed E-state index contributed by atoms with van der Waals surface area (Å²) in [6, 6.07) is 16.6. The Kier molecular flexibility index (Phi) is 5.64. The van der Waals surface area contributed by atoms with E-state index in [2.05, 4.69) is 29.6 Å². The lowest BCUT2D eigenvalue weighted by Gasteiger charge is -2.18. The SMILES string of the molecule is CCOc1ccc(C(NC)c2cccc(OCC)c2)cc1. The van der Waals surface area contributed by atoms with Crippen molar-refractivity contribution in [1.29, 1.82) is 0 Å². The molecule has 0 radical (unpaired) electrons. The molecular formula is C18H23NO2. The Morgan fingerprint density at radius 3 is 2.14 bits per heavy atom. The zero-order valence-electron chi connectivity index (χ0n) is 12.9. The summed E-state index contributed by atoms with van der Waals surface area (Å²) in [5, 5.41) is 3.36. The molecule has 0 aromatic heterocycles. The maximum Gasteiger partial charge on any atom is 0.119 e. The van der Waals surface area contributed by atoms with E-state index in [0.29, 0.717) is 13.2 Å². The van der Waals surface area contributed by atoms with E-state index in [1.54, 1.807) is 0 Å². The molecular weight excluding hydrogens is 262 g/mol. The van der Waals surface area contributed by atoms with E-state index in [4.69, 9.17) is 9.47 Å². The highest BCUT2D eigenvalue weighted by atomic mass is 16.5. The highest BCUT2D eigenvalue weighted by molar-refractivity contribution is 5.38. The molecule has 2 aromatic carbocycles. The number of ether oxygens (including phenoxy) is 2. The van der Waals surface area contributed by atoms with Crippen LogP contribution in [0.1, 0.15) is 31.0 Å². The van der Waals surface area contributed by atoms with Crippen LogP contribution in [0.4, 0.5) is 0 Å². The zero-order valence-corrected chi connectivity index (χ0v) is 12.9. The van der Waals surface area contributed by atoms with Gasteiger partial charge in [0.15, 0.2) is 0 Å². The molecule has 0 bridgehead atoms. The van der Waals surface area contributed by atoms with E-state index in [1.807, 2.05) is 45.2 Å². The molecule has 21 heavy (non-hydrogen) atoms. The van der Waals surface area contributed by atoms with Crippen LogP contribution in [0.5, 0.6) is 11.5 Å². The van der Waals surface area contributed by atoms with Gasteiger partial charge >= 0.3 is 0 Å². The second kappa shape index (κ2) is 7.70. The highest BCUT2D eigenvalue weighted by Gasteiger charge is 2.12. The molecule has 2 aromatic rings. The predicted octanol–water partition coefficient (Wildman–Crippen LogP) is 3.79. The predicted molar refractivity (Wildman–Crippen MR) is 86.1 cm³/mol. The van der Waals surface area contributed by atoms with Crippen LogP contribution >= 0.6 is 0 Å². The molecule has 0 aliphatic carbocycles. The number of nitrogens with one attached hydrogen (secondary N) is 1. The maximum atomic E-state index is 5.58. The highest BCUT2D eigenvalue weighted by Crippen LogP contribution is 2.26. The van der Waals surface area contributed by atoms with Gasteiger partial charge < -0.3 is 14.8 Å². The van der Waals surface area contributed by atoms with Crippen molar-refractivity contribution in [2.75, 3.05) is 20.3 Å². The van der Waals surface area contributed by atoms with Crippen LogP contribution in [0.25, 0.3) is 0 Å². The second-order valence-electron chi connectivity index (χ2n) is 4.73. The van der Waals surface area contributed by atoms with Gasteiger partial charge in [-0.05, 0) is 56.3 Å². The molecule has 0 aliphatic rings. The van der Waals surface area contributed by atoms with Crippen molar-refractivity contribution in [3.8, 4) is 11.5 Å². The van der Waals surface area contributed by atoms with E-state index in [0.717, 1.165) is 11.5 Å². The summed E-state index contributed by atoms with van der Waals surface area (Å²) in [5.74, 6) is 1.81. The fraction of sp³-hybridized carbons (Fsp3) is 0.333. The molecule has 0 fully saturated rings. The van der Waals surface area contributed by atoms with E-state index in [-0.39, 0.29) is 6.04 Å². The average molecular weight is 285 g/mol. The number of rotatable bonds is 7. The van der Waals surface area contributed by atoms with Crippen molar-refractivity contribution >= 4 is 0 Å². The van der Waals surface area contributed by atoms with Crippen LogP contribution in [0.3, 0.4) is 0 Å². The molecule has 0 spiro atoms. The van der Waals surface area contributed by atoms with Crippen LogP contribution in [-0.2, 0) is 0 Å². The van der Waals surface area contributed by atoms with Crippen LogP contribution in [0, 0.1) is 0 Å². The van der Waals surface area contributed by atoms with Gasteiger partial charge in [0.25, 0.3) is 0 Å². The topological polar surface area (TPSA) is 30.5 Å². The average Bonchev–Trinajstić information content (AvgIpc) is 2.51. The third-order valence-corrected chi connectivity index (χ3v) is 3.32. The Hall–Kier alpha value is -2.00. The molecule has 0 heterocycles. The molecule has 3 heteroatoms. The Morgan fingerprint density at radius 1 is 0.857 bits per heavy atom. The summed E-state index contributed by atoms with van der Waals surface area (Å²) >= 11 is 0. The van der Waals surface area contributed by atoms with Crippen molar-refractivity contribution in [3.63, 3.8) is 0 Å².